The maximum atomic E-state index is 13.1. The molecule has 1 amide bonds. The average Bonchev–Trinajstić information content (AvgIpc) is 3.18. The molecule has 0 saturated carbocycles. The molecule has 3 heterocycles. The van der Waals surface area contributed by atoms with Gasteiger partial charge in [0.1, 0.15) is 5.69 Å². The number of amides is 1. The molecule has 1 aromatic heterocycles. The molecule has 0 N–H and O–H groups in total. The van der Waals surface area contributed by atoms with E-state index in [9.17, 15) is 31.1 Å². The first-order valence-electron chi connectivity index (χ1n) is 7.37. The third-order valence-electron chi connectivity index (χ3n) is 4.24. The van der Waals surface area contributed by atoms with E-state index in [1.165, 1.54) is 6.07 Å². The number of pyridine rings is 1. The summed E-state index contributed by atoms with van der Waals surface area (Å²) in [6.07, 6.45) is -8.47. The summed E-state index contributed by atoms with van der Waals surface area (Å²) in [5, 5.41) is 6.24. The lowest BCUT2D eigenvalue weighted by Gasteiger charge is -2.29. The number of hydrogen-bond acceptors (Lipinski definition) is 4. The molecular formula is C14H12F6N4O. The number of carbonyl (C=O) groups is 1. The topological polar surface area (TPSA) is 57.9 Å². The zero-order chi connectivity index (χ0) is 18.5. The molecule has 0 spiro atoms. The largest absolute Gasteiger partial charge is 0.439 e. The predicted octanol–water partition coefficient (Wildman–Crippen LogP) is 3.36. The fourth-order valence-electron chi connectivity index (χ4n) is 2.99. The van der Waals surface area contributed by atoms with Crippen molar-refractivity contribution in [3.63, 3.8) is 0 Å². The smallest absolute Gasteiger partial charge is 0.334 e. The molecule has 1 atom stereocenters. The average molecular weight is 366 g/mol. The van der Waals surface area contributed by atoms with E-state index in [1.54, 1.807) is 0 Å². The van der Waals surface area contributed by atoms with Gasteiger partial charge >= 0.3 is 18.0 Å². The van der Waals surface area contributed by atoms with Crippen molar-refractivity contribution in [3.05, 3.63) is 29.6 Å². The van der Waals surface area contributed by atoms with Crippen LogP contribution in [0.15, 0.2) is 28.6 Å². The van der Waals surface area contributed by atoms with Crippen LogP contribution < -0.4 is 0 Å². The summed E-state index contributed by atoms with van der Waals surface area (Å²) in [5.41, 5.74) is -3.72. The third kappa shape index (κ3) is 3.19. The van der Waals surface area contributed by atoms with E-state index in [2.05, 4.69) is 15.2 Å². The van der Waals surface area contributed by atoms with Gasteiger partial charge in [0.05, 0.1) is 12.5 Å². The van der Waals surface area contributed by atoms with E-state index in [1.807, 2.05) is 0 Å². The molecule has 0 aliphatic carbocycles. The second kappa shape index (κ2) is 5.67. The maximum Gasteiger partial charge on any atom is 0.439 e. The van der Waals surface area contributed by atoms with Gasteiger partial charge in [0, 0.05) is 12.7 Å². The summed E-state index contributed by atoms with van der Waals surface area (Å²) in [5.74, 6) is -0.692. The Kier molecular flexibility index (Phi) is 3.99. The Hall–Kier alpha value is -2.20. The van der Waals surface area contributed by atoms with E-state index in [4.69, 9.17) is 0 Å². The van der Waals surface area contributed by atoms with Crippen LogP contribution in [0.4, 0.5) is 26.3 Å². The lowest BCUT2D eigenvalue weighted by Crippen LogP contribution is -2.52. The lowest BCUT2D eigenvalue weighted by atomic mass is 10.0. The summed E-state index contributed by atoms with van der Waals surface area (Å²) in [6, 6.07) is 0.696. The molecule has 1 fully saturated rings. The van der Waals surface area contributed by atoms with Gasteiger partial charge in [-0.2, -0.15) is 26.3 Å². The van der Waals surface area contributed by atoms with E-state index < -0.39 is 42.1 Å². The quantitative estimate of drug-likeness (QED) is 0.771. The summed E-state index contributed by atoms with van der Waals surface area (Å²) in [4.78, 5) is 16.6. The molecule has 5 nitrogen and oxygen atoms in total. The normalized spacial score (nSPS) is 22.3. The van der Waals surface area contributed by atoms with Crippen molar-refractivity contribution in [2.24, 2.45) is 10.2 Å². The van der Waals surface area contributed by atoms with Crippen LogP contribution >= 0.6 is 0 Å². The van der Waals surface area contributed by atoms with Crippen LogP contribution in [-0.4, -0.2) is 40.2 Å². The molecule has 0 bridgehead atoms. The van der Waals surface area contributed by atoms with Crippen LogP contribution in [0.2, 0.25) is 0 Å². The van der Waals surface area contributed by atoms with Crippen LogP contribution in [0.5, 0.6) is 0 Å². The zero-order valence-corrected chi connectivity index (χ0v) is 12.6. The highest BCUT2D eigenvalue weighted by molar-refractivity contribution is 5.79. The van der Waals surface area contributed by atoms with Gasteiger partial charge in [-0.3, -0.25) is 9.78 Å². The van der Waals surface area contributed by atoms with Gasteiger partial charge < -0.3 is 4.90 Å². The van der Waals surface area contributed by atoms with Crippen molar-refractivity contribution >= 4 is 5.91 Å². The molecule has 1 aromatic rings. The Morgan fingerprint density at radius 2 is 1.92 bits per heavy atom. The van der Waals surface area contributed by atoms with Crippen molar-refractivity contribution in [3.8, 4) is 0 Å². The Morgan fingerprint density at radius 1 is 1.24 bits per heavy atom. The highest BCUT2D eigenvalue weighted by Crippen LogP contribution is 2.51. The monoisotopic (exact) mass is 366 g/mol. The van der Waals surface area contributed by atoms with Crippen molar-refractivity contribution in [2.75, 3.05) is 6.54 Å². The minimum Gasteiger partial charge on any atom is -0.334 e. The summed E-state index contributed by atoms with van der Waals surface area (Å²) in [7, 11) is 0. The fourth-order valence-corrected chi connectivity index (χ4v) is 2.99. The second-order valence-electron chi connectivity index (χ2n) is 5.89. The zero-order valence-electron chi connectivity index (χ0n) is 12.6. The summed E-state index contributed by atoms with van der Waals surface area (Å²) >= 11 is 0. The summed E-state index contributed by atoms with van der Waals surface area (Å²) in [6.45, 7) is 0.0869. The molecule has 2 aliphatic rings. The maximum absolute atomic E-state index is 13.1. The number of carbonyl (C=O) groups excluding carboxylic acids is 1. The first kappa shape index (κ1) is 17.6. The Balaban J connectivity index is 1.75. The van der Waals surface area contributed by atoms with E-state index in [0.717, 1.165) is 11.1 Å². The Bertz CT molecular complexity index is 708. The number of nitrogens with zero attached hydrogens (tertiary/aromatic N) is 4. The molecule has 0 radical (unpaired) electrons. The van der Waals surface area contributed by atoms with Gasteiger partial charge in [-0.25, -0.2) is 0 Å². The highest BCUT2D eigenvalue weighted by Gasteiger charge is 2.70. The third-order valence-corrected chi connectivity index (χ3v) is 4.24. The van der Waals surface area contributed by atoms with Gasteiger partial charge in [-0.15, -0.1) is 10.2 Å². The van der Waals surface area contributed by atoms with Gasteiger partial charge in [0.25, 0.3) is 0 Å². The molecule has 136 valence electrons. The van der Waals surface area contributed by atoms with Gasteiger partial charge in [0.15, 0.2) is 0 Å². The number of rotatable bonds is 3. The summed E-state index contributed by atoms with van der Waals surface area (Å²) < 4.78 is 77.4. The number of aromatic nitrogens is 1. The first-order chi connectivity index (χ1) is 11.5. The number of halogens is 6. The molecule has 1 saturated heterocycles. The van der Waals surface area contributed by atoms with Gasteiger partial charge in [-0.05, 0) is 30.5 Å². The van der Waals surface area contributed by atoms with Crippen LogP contribution in [-0.2, 0) is 17.4 Å². The van der Waals surface area contributed by atoms with Crippen LogP contribution in [0, 0.1) is 0 Å². The molecule has 3 rings (SSSR count). The SMILES string of the molecule is O=C(Cc1ccnc(C(F)(F)F)c1)N1CCCC1C1(C(F)(F)F)N=N1. The minimum atomic E-state index is -4.71. The second-order valence-corrected chi connectivity index (χ2v) is 5.89. The van der Waals surface area contributed by atoms with Crippen LogP contribution in [0.1, 0.15) is 24.1 Å². The molecule has 0 aromatic carbocycles. The molecule has 11 heteroatoms. The minimum absolute atomic E-state index is 0.0312. The van der Waals surface area contributed by atoms with Crippen molar-refractivity contribution in [1.82, 2.24) is 9.88 Å². The van der Waals surface area contributed by atoms with E-state index >= 15 is 0 Å². The molecule has 2 aliphatic heterocycles. The number of alkyl halides is 6. The predicted molar refractivity (Wildman–Crippen MR) is 71.3 cm³/mol. The first-order valence-corrected chi connectivity index (χ1v) is 7.37. The van der Waals surface area contributed by atoms with Crippen LogP contribution in [0.25, 0.3) is 0 Å². The van der Waals surface area contributed by atoms with Gasteiger partial charge in [0.2, 0.25) is 5.91 Å². The molecule has 25 heavy (non-hydrogen) atoms. The van der Waals surface area contributed by atoms with Crippen molar-refractivity contribution in [1.29, 1.82) is 0 Å². The van der Waals surface area contributed by atoms with Crippen LogP contribution in [0.3, 0.4) is 0 Å². The standard InChI is InChI=1S/C14H12F6N4O/c15-13(16,17)9-6-8(3-4-21-9)7-11(25)24-5-1-2-10(24)12(22-23-12)14(18,19)20/h3-4,6,10H,1-2,5,7H2. The Morgan fingerprint density at radius 3 is 2.48 bits per heavy atom. The molecular weight excluding hydrogens is 354 g/mol. The van der Waals surface area contributed by atoms with E-state index in [-0.39, 0.29) is 18.5 Å². The Labute approximate surface area is 137 Å². The highest BCUT2D eigenvalue weighted by atomic mass is 19.4. The lowest BCUT2D eigenvalue weighted by molar-refractivity contribution is -0.179. The molecule has 1 unspecified atom stereocenters. The number of hydrogen-bond donors (Lipinski definition) is 0. The van der Waals surface area contributed by atoms with Crippen molar-refractivity contribution < 1.29 is 31.1 Å². The fraction of sp³-hybridized carbons (Fsp3) is 0.571. The number of likely N-dealkylation sites (tertiary alicyclic amines) is 1. The van der Waals surface area contributed by atoms with Gasteiger partial charge in [-0.1, -0.05) is 0 Å². The van der Waals surface area contributed by atoms with Crippen molar-refractivity contribution in [2.45, 2.75) is 43.3 Å². The van der Waals surface area contributed by atoms with E-state index in [0.29, 0.717) is 12.5 Å².